The summed E-state index contributed by atoms with van der Waals surface area (Å²) in [5, 5.41) is 0. The zero-order chi connectivity index (χ0) is 11.3. The lowest BCUT2D eigenvalue weighted by Gasteiger charge is -2.07. The first-order valence-electron chi connectivity index (χ1n) is 5.45. The maximum Gasteiger partial charge on any atom is 0.163 e. The van der Waals surface area contributed by atoms with Gasteiger partial charge >= 0.3 is 0 Å². The summed E-state index contributed by atoms with van der Waals surface area (Å²) in [6.45, 7) is 6.57. The molecule has 0 saturated heterocycles. The molecule has 0 unspecified atom stereocenters. The first kappa shape index (κ1) is 11.8. The second-order valence-electron chi connectivity index (χ2n) is 3.58. The maximum absolute atomic E-state index is 11.7. The monoisotopic (exact) mass is 206 g/mol. The average Bonchev–Trinajstić information content (AvgIpc) is 2.18. The molecule has 0 aromatic heterocycles. The van der Waals surface area contributed by atoms with Crippen molar-refractivity contribution in [1.29, 1.82) is 0 Å². The van der Waals surface area contributed by atoms with Gasteiger partial charge in [-0.05, 0) is 44.0 Å². The molecule has 2 nitrogen and oxygen atoms in total. The molecule has 0 heterocycles. The van der Waals surface area contributed by atoms with Crippen LogP contribution in [0.4, 0.5) is 0 Å². The molecule has 15 heavy (non-hydrogen) atoms. The quantitative estimate of drug-likeness (QED) is 0.690. The van der Waals surface area contributed by atoms with Crippen molar-refractivity contribution in [2.45, 2.75) is 33.6 Å². The van der Waals surface area contributed by atoms with Crippen molar-refractivity contribution >= 4 is 5.78 Å². The van der Waals surface area contributed by atoms with E-state index >= 15 is 0 Å². The summed E-state index contributed by atoms with van der Waals surface area (Å²) in [7, 11) is 0. The summed E-state index contributed by atoms with van der Waals surface area (Å²) in [6.07, 6.45) is 1.51. The zero-order valence-corrected chi connectivity index (χ0v) is 9.67. The number of Topliss-reactive ketones (excluding diaryl/α,β-unsaturated/α-hetero) is 1. The van der Waals surface area contributed by atoms with Crippen LogP contribution in [0.5, 0.6) is 5.75 Å². The van der Waals surface area contributed by atoms with Gasteiger partial charge in [0.25, 0.3) is 0 Å². The van der Waals surface area contributed by atoms with E-state index in [9.17, 15) is 4.79 Å². The van der Waals surface area contributed by atoms with E-state index in [4.69, 9.17) is 4.74 Å². The number of carbonyl (C=O) groups is 1. The summed E-state index contributed by atoms with van der Waals surface area (Å²) < 4.78 is 5.37. The average molecular weight is 206 g/mol. The van der Waals surface area contributed by atoms with Crippen LogP contribution in [0, 0.1) is 6.92 Å². The van der Waals surface area contributed by atoms with Crippen LogP contribution in [-0.2, 0) is 0 Å². The Morgan fingerprint density at radius 1 is 1.33 bits per heavy atom. The Balaban J connectivity index is 2.87. The lowest BCUT2D eigenvalue weighted by molar-refractivity contribution is 0.0981. The van der Waals surface area contributed by atoms with Gasteiger partial charge in [-0.1, -0.05) is 6.92 Å². The topological polar surface area (TPSA) is 26.3 Å². The Hall–Kier alpha value is -1.31. The van der Waals surface area contributed by atoms with Crippen LogP contribution in [0.1, 0.15) is 42.6 Å². The summed E-state index contributed by atoms with van der Waals surface area (Å²) in [6, 6.07) is 5.64. The lowest BCUT2D eigenvalue weighted by atomic mass is 10.0. The summed E-state index contributed by atoms with van der Waals surface area (Å²) in [5.74, 6) is 1.06. The third-order valence-corrected chi connectivity index (χ3v) is 2.29. The zero-order valence-electron chi connectivity index (χ0n) is 9.67. The third kappa shape index (κ3) is 3.08. The van der Waals surface area contributed by atoms with Crippen molar-refractivity contribution < 1.29 is 9.53 Å². The number of benzene rings is 1. The standard InChI is InChI=1S/C13H18O2/c1-4-6-13(14)12-8-7-11(15-5-2)9-10(12)3/h7-9H,4-6H2,1-3H3. The fourth-order valence-electron chi connectivity index (χ4n) is 1.57. The maximum atomic E-state index is 11.7. The fraction of sp³-hybridized carbons (Fsp3) is 0.462. The smallest absolute Gasteiger partial charge is 0.163 e. The van der Waals surface area contributed by atoms with Gasteiger partial charge in [0.2, 0.25) is 0 Å². The van der Waals surface area contributed by atoms with Crippen LogP contribution in [0.3, 0.4) is 0 Å². The van der Waals surface area contributed by atoms with Crippen molar-refractivity contribution in [3.63, 3.8) is 0 Å². The minimum Gasteiger partial charge on any atom is -0.494 e. The molecule has 0 radical (unpaired) electrons. The molecule has 0 atom stereocenters. The van der Waals surface area contributed by atoms with Crippen LogP contribution in [0.25, 0.3) is 0 Å². The Morgan fingerprint density at radius 3 is 2.60 bits per heavy atom. The highest BCUT2D eigenvalue weighted by atomic mass is 16.5. The molecule has 1 aromatic rings. The number of carbonyl (C=O) groups excluding carboxylic acids is 1. The van der Waals surface area contributed by atoms with Crippen molar-refractivity contribution in [3.05, 3.63) is 29.3 Å². The molecule has 0 saturated carbocycles. The summed E-state index contributed by atoms with van der Waals surface area (Å²) in [5.41, 5.74) is 1.82. The second kappa shape index (κ2) is 5.54. The van der Waals surface area contributed by atoms with Gasteiger partial charge in [-0.3, -0.25) is 4.79 Å². The Labute approximate surface area is 91.3 Å². The number of aryl methyl sites for hydroxylation is 1. The molecular weight excluding hydrogens is 188 g/mol. The fourth-order valence-corrected chi connectivity index (χ4v) is 1.57. The third-order valence-electron chi connectivity index (χ3n) is 2.29. The Bertz CT molecular complexity index is 342. The normalized spacial score (nSPS) is 10.1. The minimum absolute atomic E-state index is 0.220. The van der Waals surface area contributed by atoms with Gasteiger partial charge in [-0.25, -0.2) is 0 Å². The van der Waals surface area contributed by atoms with Crippen molar-refractivity contribution in [3.8, 4) is 5.75 Å². The van der Waals surface area contributed by atoms with E-state index in [1.165, 1.54) is 0 Å². The van der Waals surface area contributed by atoms with E-state index in [0.29, 0.717) is 13.0 Å². The lowest BCUT2D eigenvalue weighted by Crippen LogP contribution is -2.01. The van der Waals surface area contributed by atoms with Crippen LogP contribution >= 0.6 is 0 Å². The number of hydrogen-bond donors (Lipinski definition) is 0. The highest BCUT2D eigenvalue weighted by molar-refractivity contribution is 5.97. The van der Waals surface area contributed by atoms with Gasteiger partial charge in [-0.2, -0.15) is 0 Å². The van der Waals surface area contributed by atoms with E-state index in [2.05, 4.69) is 0 Å². The van der Waals surface area contributed by atoms with E-state index in [1.54, 1.807) is 0 Å². The van der Waals surface area contributed by atoms with E-state index in [1.807, 2.05) is 39.0 Å². The van der Waals surface area contributed by atoms with Crippen LogP contribution in [0.15, 0.2) is 18.2 Å². The van der Waals surface area contributed by atoms with Gasteiger partial charge in [-0.15, -0.1) is 0 Å². The van der Waals surface area contributed by atoms with Crippen molar-refractivity contribution in [2.24, 2.45) is 0 Å². The number of ketones is 1. The molecule has 0 aliphatic heterocycles. The number of hydrogen-bond acceptors (Lipinski definition) is 2. The molecule has 1 aromatic carbocycles. The van der Waals surface area contributed by atoms with Gasteiger partial charge in [0.1, 0.15) is 5.75 Å². The summed E-state index contributed by atoms with van der Waals surface area (Å²) in [4.78, 5) is 11.7. The SMILES string of the molecule is CCCC(=O)c1ccc(OCC)cc1C. The molecule has 1 rings (SSSR count). The largest absolute Gasteiger partial charge is 0.494 e. The summed E-state index contributed by atoms with van der Waals surface area (Å²) >= 11 is 0. The van der Waals surface area contributed by atoms with E-state index in [-0.39, 0.29) is 5.78 Å². The Morgan fingerprint density at radius 2 is 2.07 bits per heavy atom. The van der Waals surface area contributed by atoms with Gasteiger partial charge in [0.15, 0.2) is 5.78 Å². The molecule has 0 bridgehead atoms. The molecule has 0 aliphatic rings. The molecule has 0 spiro atoms. The molecule has 0 amide bonds. The van der Waals surface area contributed by atoms with Crippen molar-refractivity contribution in [2.75, 3.05) is 6.61 Å². The van der Waals surface area contributed by atoms with Crippen molar-refractivity contribution in [1.82, 2.24) is 0 Å². The molecule has 0 aliphatic carbocycles. The van der Waals surface area contributed by atoms with E-state index in [0.717, 1.165) is 23.3 Å². The number of rotatable bonds is 5. The van der Waals surface area contributed by atoms with Crippen LogP contribution in [0.2, 0.25) is 0 Å². The number of ether oxygens (including phenoxy) is 1. The second-order valence-corrected chi connectivity index (χ2v) is 3.58. The molecule has 0 N–H and O–H groups in total. The van der Waals surface area contributed by atoms with Gasteiger partial charge in [0, 0.05) is 12.0 Å². The minimum atomic E-state index is 0.220. The first-order chi connectivity index (χ1) is 7.19. The van der Waals surface area contributed by atoms with Crippen LogP contribution < -0.4 is 4.74 Å². The van der Waals surface area contributed by atoms with Crippen LogP contribution in [-0.4, -0.2) is 12.4 Å². The van der Waals surface area contributed by atoms with Gasteiger partial charge in [0.05, 0.1) is 6.61 Å². The first-order valence-corrected chi connectivity index (χ1v) is 5.45. The molecule has 2 heteroatoms. The van der Waals surface area contributed by atoms with Gasteiger partial charge < -0.3 is 4.74 Å². The Kier molecular flexibility index (Phi) is 4.35. The van der Waals surface area contributed by atoms with E-state index < -0.39 is 0 Å². The molecular formula is C13H18O2. The molecule has 82 valence electrons. The molecule has 0 fully saturated rings. The highest BCUT2D eigenvalue weighted by Gasteiger charge is 2.08. The predicted octanol–water partition coefficient (Wildman–Crippen LogP) is 3.38. The highest BCUT2D eigenvalue weighted by Crippen LogP contribution is 2.18. The predicted molar refractivity (Wildman–Crippen MR) is 61.6 cm³/mol.